The first-order valence-corrected chi connectivity index (χ1v) is 7.71. The summed E-state index contributed by atoms with van der Waals surface area (Å²) in [5, 5.41) is 4.32. The van der Waals surface area contributed by atoms with Crippen molar-refractivity contribution < 1.29 is 4.79 Å². The SMILES string of the molecule is Cc1cncc([C@H]2CCCN2C(=O)CCn2ccc(C)n2)n1. The molecule has 0 radical (unpaired) electrons. The van der Waals surface area contributed by atoms with E-state index in [1.165, 1.54) is 0 Å². The molecule has 0 aliphatic carbocycles. The lowest BCUT2D eigenvalue weighted by molar-refractivity contribution is -0.132. The first kappa shape index (κ1) is 14.7. The molecule has 3 rings (SSSR count). The van der Waals surface area contributed by atoms with Crippen LogP contribution in [0.2, 0.25) is 0 Å². The molecular formula is C16H21N5O. The lowest BCUT2D eigenvalue weighted by Gasteiger charge is -2.24. The van der Waals surface area contributed by atoms with Crippen molar-refractivity contribution in [2.75, 3.05) is 6.54 Å². The minimum Gasteiger partial charge on any atom is -0.334 e. The molecule has 1 saturated heterocycles. The van der Waals surface area contributed by atoms with Crippen LogP contribution < -0.4 is 0 Å². The first-order chi connectivity index (χ1) is 10.6. The number of aryl methyl sites for hydroxylation is 3. The van der Waals surface area contributed by atoms with Gasteiger partial charge in [0.15, 0.2) is 0 Å². The van der Waals surface area contributed by atoms with Crippen LogP contribution in [0.1, 0.15) is 42.4 Å². The van der Waals surface area contributed by atoms with Crippen LogP contribution in [0.4, 0.5) is 0 Å². The molecule has 0 spiro atoms. The van der Waals surface area contributed by atoms with Gasteiger partial charge in [0.25, 0.3) is 0 Å². The Morgan fingerprint density at radius 2 is 2.18 bits per heavy atom. The molecule has 116 valence electrons. The molecule has 22 heavy (non-hydrogen) atoms. The summed E-state index contributed by atoms with van der Waals surface area (Å²) in [6, 6.07) is 2.02. The lowest BCUT2D eigenvalue weighted by Crippen LogP contribution is -2.31. The fourth-order valence-electron chi connectivity index (χ4n) is 2.96. The van der Waals surface area contributed by atoms with E-state index in [4.69, 9.17) is 0 Å². The van der Waals surface area contributed by atoms with Crippen molar-refractivity contribution in [3.8, 4) is 0 Å². The predicted molar refractivity (Wildman–Crippen MR) is 82.0 cm³/mol. The summed E-state index contributed by atoms with van der Waals surface area (Å²) in [5.41, 5.74) is 2.77. The number of carbonyl (C=O) groups excluding carboxylic acids is 1. The smallest absolute Gasteiger partial charge is 0.225 e. The number of hydrogen-bond donors (Lipinski definition) is 0. The Balaban J connectivity index is 1.66. The number of amides is 1. The summed E-state index contributed by atoms with van der Waals surface area (Å²) in [6.45, 7) is 5.30. The van der Waals surface area contributed by atoms with E-state index < -0.39 is 0 Å². The molecule has 1 fully saturated rings. The quantitative estimate of drug-likeness (QED) is 0.866. The van der Waals surface area contributed by atoms with Crippen molar-refractivity contribution in [3.63, 3.8) is 0 Å². The standard InChI is InChI=1S/C16H21N5O/c1-12-5-8-20(19-12)9-6-16(22)21-7-3-4-15(21)14-11-17-10-13(2)18-14/h5,8,10-11,15H,3-4,6-7,9H2,1-2H3/t15-/m1/s1. The van der Waals surface area contributed by atoms with E-state index in [1.54, 1.807) is 12.4 Å². The Morgan fingerprint density at radius 3 is 2.91 bits per heavy atom. The van der Waals surface area contributed by atoms with Gasteiger partial charge in [0.05, 0.1) is 29.3 Å². The van der Waals surface area contributed by atoms with Crippen LogP contribution in [-0.2, 0) is 11.3 Å². The number of likely N-dealkylation sites (tertiary alicyclic amines) is 1. The fourth-order valence-corrected chi connectivity index (χ4v) is 2.96. The highest BCUT2D eigenvalue weighted by molar-refractivity contribution is 5.76. The third kappa shape index (κ3) is 3.16. The number of carbonyl (C=O) groups is 1. The van der Waals surface area contributed by atoms with Crippen molar-refractivity contribution in [1.29, 1.82) is 0 Å². The third-order valence-corrected chi connectivity index (χ3v) is 4.02. The zero-order valence-electron chi connectivity index (χ0n) is 13.1. The molecular weight excluding hydrogens is 278 g/mol. The molecule has 2 aromatic heterocycles. The van der Waals surface area contributed by atoms with Gasteiger partial charge in [0.1, 0.15) is 0 Å². The van der Waals surface area contributed by atoms with Crippen LogP contribution in [-0.4, -0.2) is 37.1 Å². The van der Waals surface area contributed by atoms with Crippen molar-refractivity contribution in [2.24, 2.45) is 0 Å². The summed E-state index contributed by atoms with van der Waals surface area (Å²) in [5.74, 6) is 0.166. The van der Waals surface area contributed by atoms with E-state index in [2.05, 4.69) is 15.1 Å². The van der Waals surface area contributed by atoms with Gasteiger partial charge in [-0.25, -0.2) is 0 Å². The maximum absolute atomic E-state index is 12.5. The van der Waals surface area contributed by atoms with Crippen molar-refractivity contribution >= 4 is 5.91 Å². The average Bonchev–Trinajstić information content (AvgIpc) is 3.13. The van der Waals surface area contributed by atoms with Gasteiger partial charge in [-0.3, -0.25) is 19.4 Å². The Kier molecular flexibility index (Phi) is 4.18. The van der Waals surface area contributed by atoms with Gasteiger partial charge in [0.2, 0.25) is 5.91 Å². The molecule has 3 heterocycles. The van der Waals surface area contributed by atoms with Crippen LogP contribution in [0, 0.1) is 13.8 Å². The van der Waals surface area contributed by atoms with Crippen LogP contribution in [0.5, 0.6) is 0 Å². The maximum atomic E-state index is 12.5. The van der Waals surface area contributed by atoms with Crippen LogP contribution in [0.15, 0.2) is 24.7 Å². The second-order valence-electron chi connectivity index (χ2n) is 5.80. The summed E-state index contributed by atoms with van der Waals surface area (Å²) in [4.78, 5) is 23.2. The number of nitrogens with zero attached hydrogens (tertiary/aromatic N) is 5. The van der Waals surface area contributed by atoms with E-state index in [1.807, 2.05) is 35.7 Å². The molecule has 2 aromatic rings. The summed E-state index contributed by atoms with van der Waals surface area (Å²) in [7, 11) is 0. The van der Waals surface area contributed by atoms with E-state index >= 15 is 0 Å². The third-order valence-electron chi connectivity index (χ3n) is 4.02. The lowest BCUT2D eigenvalue weighted by atomic mass is 10.1. The van der Waals surface area contributed by atoms with E-state index in [0.29, 0.717) is 13.0 Å². The highest BCUT2D eigenvalue weighted by Gasteiger charge is 2.30. The number of aromatic nitrogens is 4. The molecule has 0 unspecified atom stereocenters. The second-order valence-corrected chi connectivity index (χ2v) is 5.80. The average molecular weight is 299 g/mol. The maximum Gasteiger partial charge on any atom is 0.225 e. The number of rotatable bonds is 4. The minimum absolute atomic E-state index is 0.0688. The van der Waals surface area contributed by atoms with Crippen LogP contribution in [0.3, 0.4) is 0 Å². The number of hydrogen-bond acceptors (Lipinski definition) is 4. The zero-order valence-corrected chi connectivity index (χ0v) is 13.1. The topological polar surface area (TPSA) is 63.9 Å². The van der Waals surface area contributed by atoms with Crippen molar-refractivity contribution in [2.45, 2.75) is 45.7 Å². The second kappa shape index (κ2) is 6.25. The molecule has 1 atom stereocenters. The molecule has 0 aromatic carbocycles. The van der Waals surface area contributed by atoms with Gasteiger partial charge < -0.3 is 4.90 Å². The van der Waals surface area contributed by atoms with Gasteiger partial charge in [-0.15, -0.1) is 0 Å². The Hall–Kier alpha value is -2.24. The Bertz CT molecular complexity index is 666. The van der Waals surface area contributed by atoms with Gasteiger partial charge in [-0.1, -0.05) is 0 Å². The monoisotopic (exact) mass is 299 g/mol. The van der Waals surface area contributed by atoms with Crippen LogP contribution >= 0.6 is 0 Å². The minimum atomic E-state index is 0.0688. The Morgan fingerprint density at radius 1 is 1.32 bits per heavy atom. The molecule has 1 amide bonds. The normalized spacial score (nSPS) is 17.9. The molecule has 1 aliphatic heterocycles. The molecule has 0 saturated carbocycles. The molecule has 0 N–H and O–H groups in total. The summed E-state index contributed by atoms with van der Waals surface area (Å²) < 4.78 is 1.82. The Labute approximate surface area is 130 Å². The predicted octanol–water partition coefficient (Wildman–Crippen LogP) is 2.04. The first-order valence-electron chi connectivity index (χ1n) is 7.71. The highest BCUT2D eigenvalue weighted by Crippen LogP contribution is 2.31. The largest absolute Gasteiger partial charge is 0.334 e. The highest BCUT2D eigenvalue weighted by atomic mass is 16.2. The van der Waals surface area contributed by atoms with E-state index in [0.717, 1.165) is 36.5 Å². The zero-order chi connectivity index (χ0) is 15.5. The van der Waals surface area contributed by atoms with Gasteiger partial charge in [-0.05, 0) is 32.8 Å². The molecule has 6 heteroatoms. The summed E-state index contributed by atoms with van der Waals surface area (Å²) in [6.07, 6.45) is 7.88. The molecule has 0 bridgehead atoms. The van der Waals surface area contributed by atoms with Gasteiger partial charge in [0, 0.05) is 31.9 Å². The van der Waals surface area contributed by atoms with Crippen molar-refractivity contribution in [1.82, 2.24) is 24.6 Å². The van der Waals surface area contributed by atoms with Crippen LogP contribution in [0.25, 0.3) is 0 Å². The van der Waals surface area contributed by atoms with Gasteiger partial charge >= 0.3 is 0 Å². The summed E-state index contributed by atoms with van der Waals surface area (Å²) >= 11 is 0. The van der Waals surface area contributed by atoms with E-state index in [-0.39, 0.29) is 11.9 Å². The van der Waals surface area contributed by atoms with Crippen molar-refractivity contribution in [3.05, 3.63) is 41.7 Å². The molecule has 1 aliphatic rings. The van der Waals surface area contributed by atoms with Gasteiger partial charge in [-0.2, -0.15) is 5.10 Å². The van der Waals surface area contributed by atoms with E-state index in [9.17, 15) is 4.79 Å². The fraction of sp³-hybridized carbons (Fsp3) is 0.500. The molecule has 6 nitrogen and oxygen atoms in total.